The molecule has 5 unspecified atom stereocenters. The standard InChI is InChI=1S/C19H21ClO8/c20-11-5-10-8-3-1-2-4-9(8)18(25)26-12(10)6-13(11)27-19-17(24)16(23)15(22)14(7-21)28-19/h5-6,14-17,19,21-24H,1-4,7H2. The van der Waals surface area contributed by atoms with Gasteiger partial charge in [-0.15, -0.1) is 0 Å². The first-order valence-corrected chi connectivity index (χ1v) is 9.53. The molecular weight excluding hydrogens is 392 g/mol. The molecular formula is C19H21ClO8. The van der Waals surface area contributed by atoms with Gasteiger partial charge in [0.25, 0.3) is 0 Å². The highest BCUT2D eigenvalue weighted by atomic mass is 35.5. The van der Waals surface area contributed by atoms with Crippen LogP contribution in [-0.2, 0) is 17.6 Å². The number of rotatable bonds is 3. The first-order valence-electron chi connectivity index (χ1n) is 9.16. The van der Waals surface area contributed by atoms with Crippen molar-refractivity contribution in [3.05, 3.63) is 38.7 Å². The fourth-order valence-corrected chi connectivity index (χ4v) is 4.03. The molecule has 1 aromatic carbocycles. The third kappa shape index (κ3) is 3.30. The molecule has 0 bridgehead atoms. The zero-order valence-corrected chi connectivity index (χ0v) is 15.6. The second kappa shape index (κ2) is 7.62. The van der Waals surface area contributed by atoms with Gasteiger partial charge in [-0.05, 0) is 37.3 Å². The van der Waals surface area contributed by atoms with Crippen LogP contribution >= 0.6 is 11.6 Å². The molecule has 0 amide bonds. The number of benzene rings is 1. The Bertz CT molecular complexity index is 940. The van der Waals surface area contributed by atoms with E-state index < -0.39 is 37.3 Å². The minimum absolute atomic E-state index is 0.0809. The quantitative estimate of drug-likeness (QED) is 0.536. The zero-order valence-electron chi connectivity index (χ0n) is 14.9. The lowest BCUT2D eigenvalue weighted by molar-refractivity contribution is -0.277. The van der Waals surface area contributed by atoms with Gasteiger partial charge in [-0.1, -0.05) is 11.6 Å². The number of halogens is 1. The van der Waals surface area contributed by atoms with Crippen molar-refractivity contribution in [1.29, 1.82) is 0 Å². The smallest absolute Gasteiger partial charge is 0.339 e. The van der Waals surface area contributed by atoms with Gasteiger partial charge in [-0.2, -0.15) is 0 Å². The SMILES string of the molecule is O=c1oc2cc(OC3OC(CO)C(O)C(O)C3O)c(Cl)cc2c2c1CCCC2. The molecule has 0 saturated carbocycles. The Morgan fingerprint density at radius 1 is 1.07 bits per heavy atom. The van der Waals surface area contributed by atoms with Crippen molar-refractivity contribution in [3.63, 3.8) is 0 Å². The van der Waals surface area contributed by atoms with Crippen LogP contribution in [0.4, 0.5) is 0 Å². The lowest BCUT2D eigenvalue weighted by atomic mass is 9.90. The van der Waals surface area contributed by atoms with E-state index in [0.717, 1.165) is 30.2 Å². The molecule has 4 N–H and O–H groups in total. The average molecular weight is 413 g/mol. The number of ether oxygens (including phenoxy) is 2. The van der Waals surface area contributed by atoms with E-state index in [1.165, 1.54) is 6.07 Å². The summed E-state index contributed by atoms with van der Waals surface area (Å²) in [6.07, 6.45) is -3.75. The zero-order chi connectivity index (χ0) is 20.0. The van der Waals surface area contributed by atoms with Gasteiger partial charge < -0.3 is 34.3 Å². The molecule has 4 rings (SSSR count). The van der Waals surface area contributed by atoms with Crippen LogP contribution in [0.5, 0.6) is 5.75 Å². The average Bonchev–Trinajstić information content (AvgIpc) is 2.70. The molecule has 5 atom stereocenters. The number of aliphatic hydroxyl groups excluding tert-OH is 4. The number of hydrogen-bond acceptors (Lipinski definition) is 8. The van der Waals surface area contributed by atoms with Crippen molar-refractivity contribution >= 4 is 22.6 Å². The summed E-state index contributed by atoms with van der Waals surface area (Å²) in [7, 11) is 0. The Labute approximate surface area is 164 Å². The van der Waals surface area contributed by atoms with Gasteiger partial charge in [0.1, 0.15) is 35.7 Å². The van der Waals surface area contributed by atoms with E-state index in [9.17, 15) is 25.2 Å². The molecule has 0 spiro atoms. The van der Waals surface area contributed by atoms with E-state index in [0.29, 0.717) is 17.6 Å². The van der Waals surface area contributed by atoms with Crippen LogP contribution in [0, 0.1) is 0 Å². The van der Waals surface area contributed by atoms with Gasteiger partial charge in [0.05, 0.1) is 11.6 Å². The van der Waals surface area contributed by atoms with E-state index >= 15 is 0 Å². The van der Waals surface area contributed by atoms with Crippen LogP contribution in [0.2, 0.25) is 5.02 Å². The molecule has 1 aromatic heterocycles. The van der Waals surface area contributed by atoms with Crippen molar-refractivity contribution in [3.8, 4) is 5.75 Å². The highest BCUT2D eigenvalue weighted by molar-refractivity contribution is 6.32. The van der Waals surface area contributed by atoms with Gasteiger partial charge in [-0.3, -0.25) is 0 Å². The van der Waals surface area contributed by atoms with Crippen molar-refractivity contribution < 1.29 is 34.3 Å². The monoisotopic (exact) mass is 412 g/mol. The largest absolute Gasteiger partial charge is 0.460 e. The molecule has 1 aliphatic carbocycles. The van der Waals surface area contributed by atoms with Gasteiger partial charge in [-0.25, -0.2) is 4.79 Å². The lowest BCUT2D eigenvalue weighted by Crippen LogP contribution is -2.60. The van der Waals surface area contributed by atoms with Crippen LogP contribution < -0.4 is 10.4 Å². The highest BCUT2D eigenvalue weighted by Gasteiger charge is 2.44. The van der Waals surface area contributed by atoms with Crippen LogP contribution in [0.15, 0.2) is 21.3 Å². The molecule has 2 heterocycles. The fraction of sp³-hybridized carbons (Fsp3) is 0.526. The van der Waals surface area contributed by atoms with Crippen LogP contribution in [0.25, 0.3) is 11.0 Å². The topological polar surface area (TPSA) is 130 Å². The third-order valence-electron chi connectivity index (χ3n) is 5.37. The molecule has 1 saturated heterocycles. The molecule has 152 valence electrons. The summed E-state index contributed by atoms with van der Waals surface area (Å²) in [4.78, 5) is 12.3. The Morgan fingerprint density at radius 2 is 1.79 bits per heavy atom. The van der Waals surface area contributed by atoms with Crippen LogP contribution in [-0.4, -0.2) is 57.7 Å². The normalized spacial score (nSPS) is 30.2. The van der Waals surface area contributed by atoms with Crippen molar-refractivity contribution in [2.45, 2.75) is 56.4 Å². The second-order valence-electron chi connectivity index (χ2n) is 7.15. The molecule has 2 aliphatic rings. The minimum Gasteiger partial charge on any atom is -0.460 e. The first-order chi connectivity index (χ1) is 13.4. The first kappa shape index (κ1) is 19.6. The number of fused-ring (bicyclic) bond motifs is 3. The van der Waals surface area contributed by atoms with Crippen molar-refractivity contribution in [2.75, 3.05) is 6.61 Å². The molecule has 1 fully saturated rings. The summed E-state index contributed by atoms with van der Waals surface area (Å²) in [5.74, 6) is 0.0809. The number of hydrogen-bond donors (Lipinski definition) is 4. The van der Waals surface area contributed by atoms with E-state index in [1.54, 1.807) is 6.07 Å². The number of aliphatic hydroxyl groups is 4. The predicted octanol–water partition coefficient (Wildman–Crippen LogP) is 0.504. The maximum absolute atomic E-state index is 12.3. The predicted molar refractivity (Wildman–Crippen MR) is 98.5 cm³/mol. The minimum atomic E-state index is -1.57. The third-order valence-corrected chi connectivity index (χ3v) is 5.66. The molecule has 2 aromatic rings. The fourth-order valence-electron chi connectivity index (χ4n) is 3.82. The van der Waals surface area contributed by atoms with Crippen LogP contribution in [0.3, 0.4) is 0 Å². The second-order valence-corrected chi connectivity index (χ2v) is 7.55. The summed E-state index contributed by atoms with van der Waals surface area (Å²) in [6, 6.07) is 3.08. The highest BCUT2D eigenvalue weighted by Crippen LogP contribution is 2.36. The van der Waals surface area contributed by atoms with Gasteiger partial charge in [0.15, 0.2) is 0 Å². The number of aryl methyl sites for hydroxylation is 1. The molecule has 1 aliphatic heterocycles. The molecule has 0 radical (unpaired) electrons. The van der Waals surface area contributed by atoms with Crippen LogP contribution in [0.1, 0.15) is 24.0 Å². The Balaban J connectivity index is 1.70. The summed E-state index contributed by atoms with van der Waals surface area (Å²) in [5, 5.41) is 40.1. The summed E-state index contributed by atoms with van der Waals surface area (Å²) in [6.45, 7) is -0.572. The van der Waals surface area contributed by atoms with Gasteiger partial charge in [0.2, 0.25) is 6.29 Å². The van der Waals surface area contributed by atoms with E-state index in [4.69, 9.17) is 25.5 Å². The Hall–Kier alpha value is -1.68. The van der Waals surface area contributed by atoms with E-state index in [-0.39, 0.29) is 16.4 Å². The summed E-state index contributed by atoms with van der Waals surface area (Å²) >= 11 is 6.34. The molecule has 28 heavy (non-hydrogen) atoms. The lowest BCUT2D eigenvalue weighted by Gasteiger charge is -2.39. The summed E-state index contributed by atoms with van der Waals surface area (Å²) < 4.78 is 16.4. The molecule has 8 nitrogen and oxygen atoms in total. The van der Waals surface area contributed by atoms with Crippen molar-refractivity contribution in [1.82, 2.24) is 0 Å². The summed E-state index contributed by atoms with van der Waals surface area (Å²) in [5.41, 5.74) is 1.52. The molecule has 9 heteroatoms. The van der Waals surface area contributed by atoms with Gasteiger partial charge >= 0.3 is 5.63 Å². The Morgan fingerprint density at radius 3 is 2.50 bits per heavy atom. The van der Waals surface area contributed by atoms with E-state index in [2.05, 4.69) is 0 Å². The maximum Gasteiger partial charge on any atom is 0.339 e. The Kier molecular flexibility index (Phi) is 5.34. The van der Waals surface area contributed by atoms with Gasteiger partial charge in [0, 0.05) is 17.0 Å². The maximum atomic E-state index is 12.3. The van der Waals surface area contributed by atoms with E-state index in [1.807, 2.05) is 0 Å². The van der Waals surface area contributed by atoms with Crippen molar-refractivity contribution in [2.24, 2.45) is 0 Å².